The fourth-order valence-electron chi connectivity index (χ4n) is 2.23. The van der Waals surface area contributed by atoms with E-state index in [0.29, 0.717) is 22.9 Å². The Kier molecular flexibility index (Phi) is 7.60. The fraction of sp³-hybridized carbons (Fsp3) is 0.316. The molecule has 1 N–H and O–H groups in total. The van der Waals surface area contributed by atoms with Crippen molar-refractivity contribution < 1.29 is 9.53 Å². The second kappa shape index (κ2) is 9.70. The van der Waals surface area contributed by atoms with Crippen LogP contribution in [0, 0.1) is 0 Å². The first-order chi connectivity index (χ1) is 11.6. The van der Waals surface area contributed by atoms with Gasteiger partial charge in [0.15, 0.2) is 0 Å². The van der Waals surface area contributed by atoms with Crippen LogP contribution in [0.1, 0.15) is 43.0 Å². The van der Waals surface area contributed by atoms with Crippen molar-refractivity contribution >= 4 is 39.1 Å². The van der Waals surface area contributed by atoms with Gasteiger partial charge in [-0.25, -0.2) is 0 Å². The summed E-state index contributed by atoms with van der Waals surface area (Å²) in [4.78, 5) is 12.3. The zero-order chi connectivity index (χ0) is 17.4. The molecule has 0 unspecified atom stereocenters. The molecule has 5 heteroatoms. The summed E-state index contributed by atoms with van der Waals surface area (Å²) in [6.45, 7) is 2.87. The zero-order valence-corrected chi connectivity index (χ0v) is 16.0. The van der Waals surface area contributed by atoms with Gasteiger partial charge in [0, 0.05) is 5.56 Å². The first kappa shape index (κ1) is 18.8. The highest BCUT2D eigenvalue weighted by Gasteiger charge is 2.11. The molecule has 0 radical (unpaired) electrons. The number of hydrogen-bond acceptors (Lipinski definition) is 2. The maximum absolute atomic E-state index is 12.3. The SMILES string of the molecule is CCCCCCOc1ccc(C(=O)Nc2ccccc2Cl)cc1Br. The number of unbranched alkanes of at least 4 members (excludes halogenated alkanes) is 3. The normalized spacial score (nSPS) is 10.5. The predicted octanol–water partition coefficient (Wildman–Crippen LogP) is 6.31. The molecular formula is C19H21BrClNO2. The Balaban J connectivity index is 1.96. The third kappa shape index (κ3) is 5.53. The third-order valence-corrected chi connectivity index (χ3v) is 4.52. The molecule has 2 rings (SSSR count). The Bertz CT molecular complexity index is 691. The molecule has 1 amide bonds. The van der Waals surface area contributed by atoms with Crippen LogP contribution in [0.2, 0.25) is 5.02 Å². The van der Waals surface area contributed by atoms with Crippen molar-refractivity contribution in [1.82, 2.24) is 0 Å². The van der Waals surface area contributed by atoms with Crippen LogP contribution in [-0.4, -0.2) is 12.5 Å². The molecule has 0 atom stereocenters. The lowest BCUT2D eigenvalue weighted by molar-refractivity contribution is 0.102. The number of carbonyl (C=O) groups excluding carboxylic acids is 1. The average Bonchev–Trinajstić information content (AvgIpc) is 2.58. The van der Waals surface area contributed by atoms with Crippen molar-refractivity contribution in [3.63, 3.8) is 0 Å². The first-order valence-corrected chi connectivity index (χ1v) is 9.27. The van der Waals surface area contributed by atoms with E-state index in [0.717, 1.165) is 16.6 Å². The van der Waals surface area contributed by atoms with Gasteiger partial charge in [0.05, 0.1) is 21.8 Å². The number of ether oxygens (including phenoxy) is 1. The second-order valence-electron chi connectivity index (χ2n) is 5.49. The number of rotatable bonds is 8. The maximum Gasteiger partial charge on any atom is 0.255 e. The molecule has 3 nitrogen and oxygen atoms in total. The molecule has 128 valence electrons. The quantitative estimate of drug-likeness (QED) is 0.517. The van der Waals surface area contributed by atoms with E-state index in [1.165, 1.54) is 19.3 Å². The minimum atomic E-state index is -0.210. The number of halogens is 2. The van der Waals surface area contributed by atoms with E-state index >= 15 is 0 Å². The minimum absolute atomic E-state index is 0.210. The highest BCUT2D eigenvalue weighted by molar-refractivity contribution is 9.10. The molecule has 0 saturated heterocycles. The van der Waals surface area contributed by atoms with Gasteiger partial charge in [-0.2, -0.15) is 0 Å². The Morgan fingerprint density at radius 1 is 1.17 bits per heavy atom. The number of anilines is 1. The summed E-state index contributed by atoms with van der Waals surface area (Å²) in [7, 11) is 0. The Morgan fingerprint density at radius 3 is 2.67 bits per heavy atom. The van der Waals surface area contributed by atoms with Gasteiger partial charge in [0.25, 0.3) is 5.91 Å². The van der Waals surface area contributed by atoms with Gasteiger partial charge in [-0.1, -0.05) is 49.9 Å². The average molecular weight is 411 g/mol. The van der Waals surface area contributed by atoms with E-state index < -0.39 is 0 Å². The summed E-state index contributed by atoms with van der Waals surface area (Å²) in [5.41, 5.74) is 1.14. The van der Waals surface area contributed by atoms with E-state index in [2.05, 4.69) is 28.2 Å². The van der Waals surface area contributed by atoms with Gasteiger partial charge in [-0.05, 0) is 52.7 Å². The van der Waals surface area contributed by atoms with Crippen LogP contribution in [-0.2, 0) is 0 Å². The Morgan fingerprint density at radius 2 is 1.96 bits per heavy atom. The highest BCUT2D eigenvalue weighted by atomic mass is 79.9. The topological polar surface area (TPSA) is 38.3 Å². The molecule has 2 aromatic carbocycles. The molecule has 2 aromatic rings. The van der Waals surface area contributed by atoms with E-state index in [-0.39, 0.29) is 5.91 Å². The van der Waals surface area contributed by atoms with Crippen molar-refractivity contribution in [2.75, 3.05) is 11.9 Å². The van der Waals surface area contributed by atoms with Gasteiger partial charge >= 0.3 is 0 Å². The van der Waals surface area contributed by atoms with Crippen molar-refractivity contribution in [3.05, 3.63) is 57.5 Å². The number of benzene rings is 2. The van der Waals surface area contributed by atoms with E-state index in [4.69, 9.17) is 16.3 Å². The van der Waals surface area contributed by atoms with Crippen LogP contribution >= 0.6 is 27.5 Å². The summed E-state index contributed by atoms with van der Waals surface area (Å²) in [6.07, 6.45) is 4.64. The van der Waals surface area contributed by atoms with Crippen molar-refractivity contribution in [2.24, 2.45) is 0 Å². The van der Waals surface area contributed by atoms with Gasteiger partial charge < -0.3 is 10.1 Å². The lowest BCUT2D eigenvalue weighted by atomic mass is 10.2. The van der Waals surface area contributed by atoms with Crippen molar-refractivity contribution in [1.29, 1.82) is 0 Å². The van der Waals surface area contributed by atoms with Crippen LogP contribution in [0.4, 0.5) is 5.69 Å². The predicted molar refractivity (Wildman–Crippen MR) is 103 cm³/mol. The first-order valence-electron chi connectivity index (χ1n) is 8.10. The van der Waals surface area contributed by atoms with Crippen molar-refractivity contribution in [3.8, 4) is 5.75 Å². The molecule has 0 aliphatic heterocycles. The third-order valence-electron chi connectivity index (χ3n) is 3.57. The minimum Gasteiger partial charge on any atom is -0.492 e. The number of amides is 1. The number of para-hydroxylation sites is 1. The molecule has 0 spiro atoms. The second-order valence-corrected chi connectivity index (χ2v) is 6.75. The fourth-order valence-corrected chi connectivity index (χ4v) is 2.90. The highest BCUT2D eigenvalue weighted by Crippen LogP contribution is 2.27. The molecule has 0 saturated carbocycles. The summed E-state index contributed by atoms with van der Waals surface area (Å²) in [6, 6.07) is 12.5. The molecule has 0 aliphatic carbocycles. The largest absolute Gasteiger partial charge is 0.492 e. The number of hydrogen-bond donors (Lipinski definition) is 1. The molecular weight excluding hydrogens is 390 g/mol. The van der Waals surface area contributed by atoms with Gasteiger partial charge in [-0.3, -0.25) is 4.79 Å². The Hall–Kier alpha value is -1.52. The number of nitrogens with one attached hydrogen (secondary N) is 1. The van der Waals surface area contributed by atoms with Crippen LogP contribution < -0.4 is 10.1 Å². The maximum atomic E-state index is 12.3. The summed E-state index contributed by atoms with van der Waals surface area (Å²) in [5, 5.41) is 3.32. The van der Waals surface area contributed by atoms with Crippen LogP contribution in [0.3, 0.4) is 0 Å². The smallest absolute Gasteiger partial charge is 0.255 e. The van der Waals surface area contributed by atoms with Gasteiger partial charge in [0.1, 0.15) is 5.75 Å². The summed E-state index contributed by atoms with van der Waals surface area (Å²) in [5.74, 6) is 0.541. The summed E-state index contributed by atoms with van der Waals surface area (Å²) >= 11 is 9.53. The molecule has 0 bridgehead atoms. The van der Waals surface area contributed by atoms with E-state index in [1.54, 1.807) is 24.3 Å². The lowest BCUT2D eigenvalue weighted by Crippen LogP contribution is -2.12. The van der Waals surface area contributed by atoms with Gasteiger partial charge in [0.2, 0.25) is 0 Å². The van der Waals surface area contributed by atoms with Crippen molar-refractivity contribution in [2.45, 2.75) is 32.6 Å². The van der Waals surface area contributed by atoms with E-state index in [9.17, 15) is 4.79 Å². The number of carbonyl (C=O) groups is 1. The molecule has 24 heavy (non-hydrogen) atoms. The van der Waals surface area contributed by atoms with Crippen LogP contribution in [0.15, 0.2) is 46.9 Å². The lowest BCUT2D eigenvalue weighted by Gasteiger charge is -2.11. The molecule has 0 fully saturated rings. The van der Waals surface area contributed by atoms with Crippen LogP contribution in [0.25, 0.3) is 0 Å². The molecule has 0 heterocycles. The standard InChI is InChI=1S/C19H21BrClNO2/c1-2-3-4-7-12-24-18-11-10-14(13-15(18)20)19(23)22-17-9-6-5-8-16(17)21/h5-6,8-11,13H,2-4,7,12H2,1H3,(H,22,23). The van der Waals surface area contributed by atoms with E-state index in [1.807, 2.05) is 18.2 Å². The monoisotopic (exact) mass is 409 g/mol. The van der Waals surface area contributed by atoms with Crippen LogP contribution in [0.5, 0.6) is 5.75 Å². The molecule has 0 aromatic heterocycles. The zero-order valence-electron chi connectivity index (χ0n) is 13.6. The Labute approximate surface area is 156 Å². The van der Waals surface area contributed by atoms with Gasteiger partial charge in [-0.15, -0.1) is 0 Å². The molecule has 0 aliphatic rings. The summed E-state index contributed by atoms with van der Waals surface area (Å²) < 4.78 is 6.52.